The Hall–Kier alpha value is -1.76. The maximum absolute atomic E-state index is 12.4. The number of fused-ring (bicyclic) bond motifs is 7. The zero-order valence-electron chi connectivity index (χ0n) is 36.1. The first-order chi connectivity index (χ1) is 27.3. The second kappa shape index (κ2) is 15.2. The standard InChI is InChI=1S/C44H70O15/c1-20(46)55-28-18-39(2,3)16-22-21-10-11-25-41(6)14-13-27(40(4,5)24(41)12-15-42(25,7)43(21,8)17-26(47)44(22,28)9)57-38-35(32(51)31(50)34(58-38)36(53)54)59-37-33(52)30(49)29(48)23(19-45)56-37/h10,22-35,37-38,45,47-52H,11-19H2,1-9H3,(H,53,54)/t22-,23+,24-,25-,26-,27+,28+,29+,30+,31+,32+,33-,34+,35-,37-,38-,41+,42+,43+,44-/m0/s1. The molecule has 2 saturated heterocycles. The fraction of sp³-hybridized carbons (Fsp3) is 0.909. The summed E-state index contributed by atoms with van der Waals surface area (Å²) in [5.41, 5.74) is -0.481. The van der Waals surface area contributed by atoms with Crippen molar-refractivity contribution in [1.82, 2.24) is 0 Å². The summed E-state index contributed by atoms with van der Waals surface area (Å²) >= 11 is 0. The zero-order valence-corrected chi connectivity index (χ0v) is 36.1. The van der Waals surface area contributed by atoms with Crippen LogP contribution >= 0.6 is 0 Å². The Labute approximate surface area is 347 Å². The lowest BCUT2D eigenvalue weighted by molar-refractivity contribution is -0.374. The van der Waals surface area contributed by atoms with E-state index in [0.717, 1.165) is 32.1 Å². The number of carbonyl (C=O) groups is 2. The van der Waals surface area contributed by atoms with Gasteiger partial charge in [-0.1, -0.05) is 67.0 Å². The lowest BCUT2D eigenvalue weighted by Crippen LogP contribution is -2.68. The van der Waals surface area contributed by atoms with E-state index in [2.05, 4.69) is 61.5 Å². The first-order valence-corrected chi connectivity index (χ1v) is 21.7. The second-order valence-electron chi connectivity index (χ2n) is 21.6. The van der Waals surface area contributed by atoms with Gasteiger partial charge in [-0.15, -0.1) is 0 Å². The SMILES string of the molecule is CC(=O)O[C@@H]1CC(C)(C)C[C@H]2C3=CC[C@H]4[C@]5(C)CC[C@@H](O[C@H]6O[C@@H](C(=O)O)[C@H](O)[C@@H](O)[C@@H]6O[C@@H]6O[C@H](CO)[C@@H](O)[C@@H](O)[C@@H]6O)C(C)(C)[C@@H]5CC[C@@]4(C)[C@]3(C)C[C@H](O)[C@@]12C. The van der Waals surface area contributed by atoms with E-state index in [9.17, 15) is 50.4 Å². The van der Waals surface area contributed by atoms with E-state index in [4.69, 9.17) is 23.7 Å². The number of carboxylic acid groups (broad SMARTS) is 1. The molecule has 0 amide bonds. The minimum absolute atomic E-state index is 0.0466. The lowest BCUT2D eigenvalue weighted by Gasteiger charge is -2.72. The number of carbonyl (C=O) groups excluding carboxylic acids is 1. The fourth-order valence-corrected chi connectivity index (χ4v) is 14.1. The maximum atomic E-state index is 12.4. The molecule has 4 saturated carbocycles. The number of aliphatic hydroxyl groups is 7. The molecule has 0 aromatic heterocycles. The van der Waals surface area contributed by atoms with Crippen molar-refractivity contribution in [2.75, 3.05) is 6.61 Å². The Bertz CT molecular complexity index is 1650. The van der Waals surface area contributed by atoms with Gasteiger partial charge in [-0.25, -0.2) is 4.79 Å². The Kier molecular flexibility index (Phi) is 11.7. The summed E-state index contributed by atoms with van der Waals surface area (Å²) in [6.45, 7) is 18.7. The summed E-state index contributed by atoms with van der Waals surface area (Å²) in [5, 5.41) is 85.6. The van der Waals surface area contributed by atoms with Crippen LogP contribution in [0.25, 0.3) is 0 Å². The van der Waals surface area contributed by atoms with Crippen LogP contribution in [-0.2, 0) is 33.3 Å². The summed E-state index contributed by atoms with van der Waals surface area (Å²) in [4.78, 5) is 24.6. The minimum Gasteiger partial charge on any atom is -0.479 e. The number of ether oxygens (including phenoxy) is 5. The number of aliphatic carboxylic acids is 1. The zero-order chi connectivity index (χ0) is 43.6. The highest BCUT2D eigenvalue weighted by atomic mass is 16.8. The summed E-state index contributed by atoms with van der Waals surface area (Å²) in [6, 6.07) is 0. The molecular formula is C44H70O15. The van der Waals surface area contributed by atoms with Gasteiger partial charge in [0.15, 0.2) is 18.7 Å². The van der Waals surface area contributed by atoms with Gasteiger partial charge in [-0.05, 0) is 96.2 Å². The molecule has 7 aliphatic rings. The average Bonchev–Trinajstić information content (AvgIpc) is 3.13. The van der Waals surface area contributed by atoms with Crippen LogP contribution in [0.3, 0.4) is 0 Å². The van der Waals surface area contributed by atoms with E-state index in [1.54, 1.807) is 0 Å². The largest absolute Gasteiger partial charge is 0.479 e. The van der Waals surface area contributed by atoms with Gasteiger partial charge in [0.2, 0.25) is 0 Å². The van der Waals surface area contributed by atoms with Crippen LogP contribution in [0.4, 0.5) is 0 Å². The molecule has 2 heterocycles. The van der Waals surface area contributed by atoms with E-state index < -0.39 is 103 Å². The monoisotopic (exact) mass is 838 g/mol. The van der Waals surface area contributed by atoms with Gasteiger partial charge in [-0.3, -0.25) is 4.79 Å². The van der Waals surface area contributed by atoms with Crippen LogP contribution in [-0.4, -0.2) is 139 Å². The van der Waals surface area contributed by atoms with Gasteiger partial charge in [0.1, 0.15) is 48.8 Å². The smallest absolute Gasteiger partial charge is 0.335 e. The van der Waals surface area contributed by atoms with Crippen molar-refractivity contribution in [1.29, 1.82) is 0 Å². The van der Waals surface area contributed by atoms with Crippen LogP contribution in [0, 0.1) is 50.2 Å². The summed E-state index contributed by atoms with van der Waals surface area (Å²) in [5.74, 6) is -1.42. The molecule has 6 fully saturated rings. The number of aliphatic hydroxyl groups excluding tert-OH is 7. The predicted molar refractivity (Wildman–Crippen MR) is 209 cm³/mol. The fourth-order valence-electron chi connectivity index (χ4n) is 14.1. The predicted octanol–water partition coefficient (Wildman–Crippen LogP) is 2.42. The molecule has 0 spiro atoms. The Morgan fingerprint density at radius 2 is 1.44 bits per heavy atom. The molecule has 7 rings (SSSR count). The van der Waals surface area contributed by atoms with Crippen molar-refractivity contribution < 1.29 is 74.1 Å². The summed E-state index contributed by atoms with van der Waals surface area (Å²) in [7, 11) is 0. The third-order valence-electron chi connectivity index (χ3n) is 17.6. The third kappa shape index (κ3) is 6.87. The van der Waals surface area contributed by atoms with Crippen molar-refractivity contribution >= 4 is 11.9 Å². The number of esters is 1. The van der Waals surface area contributed by atoms with E-state index >= 15 is 0 Å². The summed E-state index contributed by atoms with van der Waals surface area (Å²) < 4.78 is 30.0. The molecule has 336 valence electrons. The highest BCUT2D eigenvalue weighted by Gasteiger charge is 2.71. The molecule has 0 aromatic rings. The second-order valence-corrected chi connectivity index (χ2v) is 21.6. The lowest BCUT2D eigenvalue weighted by atomic mass is 9.33. The molecule has 0 bridgehead atoms. The van der Waals surface area contributed by atoms with Crippen molar-refractivity contribution in [2.45, 2.75) is 193 Å². The average molecular weight is 839 g/mol. The molecule has 8 N–H and O–H groups in total. The molecule has 5 aliphatic carbocycles. The Morgan fingerprint density at radius 3 is 2.07 bits per heavy atom. The Morgan fingerprint density at radius 1 is 0.763 bits per heavy atom. The first-order valence-electron chi connectivity index (χ1n) is 21.7. The minimum atomic E-state index is -1.95. The van der Waals surface area contributed by atoms with Gasteiger partial charge < -0.3 is 64.5 Å². The molecule has 20 atom stereocenters. The van der Waals surface area contributed by atoms with Crippen molar-refractivity contribution in [3.63, 3.8) is 0 Å². The molecule has 15 heteroatoms. The normalized spacial score (nSPS) is 52.8. The topological polar surface area (TPSA) is 242 Å². The number of carboxylic acids is 1. The van der Waals surface area contributed by atoms with Gasteiger partial charge in [0.25, 0.3) is 0 Å². The van der Waals surface area contributed by atoms with Crippen molar-refractivity contribution in [3.05, 3.63) is 11.6 Å². The van der Waals surface area contributed by atoms with Gasteiger partial charge in [-0.2, -0.15) is 0 Å². The van der Waals surface area contributed by atoms with Crippen molar-refractivity contribution in [2.24, 2.45) is 50.2 Å². The number of hydrogen-bond acceptors (Lipinski definition) is 14. The molecule has 15 nitrogen and oxygen atoms in total. The molecule has 2 aliphatic heterocycles. The molecular weight excluding hydrogens is 768 g/mol. The van der Waals surface area contributed by atoms with E-state index in [0.29, 0.717) is 19.3 Å². The van der Waals surface area contributed by atoms with Gasteiger partial charge in [0, 0.05) is 12.3 Å². The number of allylic oxidation sites excluding steroid dienone is 2. The van der Waals surface area contributed by atoms with Crippen molar-refractivity contribution in [3.8, 4) is 0 Å². The van der Waals surface area contributed by atoms with Gasteiger partial charge in [0.05, 0.1) is 18.8 Å². The van der Waals surface area contributed by atoms with E-state index in [-0.39, 0.29) is 45.4 Å². The Balaban J connectivity index is 1.17. The third-order valence-corrected chi connectivity index (χ3v) is 17.6. The highest BCUT2D eigenvalue weighted by Crippen LogP contribution is 2.76. The van der Waals surface area contributed by atoms with Crippen LogP contribution in [0.15, 0.2) is 11.6 Å². The number of hydrogen-bond donors (Lipinski definition) is 8. The van der Waals surface area contributed by atoms with Crippen LogP contribution in [0.2, 0.25) is 0 Å². The van der Waals surface area contributed by atoms with E-state index in [1.807, 2.05) is 0 Å². The maximum Gasteiger partial charge on any atom is 0.335 e. The number of rotatable bonds is 7. The van der Waals surface area contributed by atoms with E-state index in [1.165, 1.54) is 12.5 Å². The van der Waals surface area contributed by atoms with Crippen LogP contribution in [0.1, 0.15) is 114 Å². The highest BCUT2D eigenvalue weighted by molar-refractivity contribution is 5.73. The molecule has 0 unspecified atom stereocenters. The van der Waals surface area contributed by atoms with Gasteiger partial charge >= 0.3 is 11.9 Å². The quantitative estimate of drug-likeness (QED) is 0.104. The molecule has 0 aromatic carbocycles. The summed E-state index contributed by atoms with van der Waals surface area (Å²) in [6.07, 6.45) is -10.2. The molecule has 59 heavy (non-hydrogen) atoms. The first kappa shape index (κ1) is 45.3. The molecule has 0 radical (unpaired) electrons. The van der Waals surface area contributed by atoms with Crippen LogP contribution in [0.5, 0.6) is 0 Å². The van der Waals surface area contributed by atoms with Crippen LogP contribution < -0.4 is 0 Å².